The molecule has 9 nitrogen and oxygen atoms in total. The number of Topliss-reactive ketones (excluding diaryl/α,β-unsaturated/α-hetero) is 1. The van der Waals surface area contributed by atoms with E-state index in [-0.39, 0.29) is 35.8 Å². The van der Waals surface area contributed by atoms with E-state index in [0.717, 1.165) is 36.6 Å². The summed E-state index contributed by atoms with van der Waals surface area (Å²) in [6, 6.07) is 14.3. The van der Waals surface area contributed by atoms with Gasteiger partial charge in [0, 0.05) is 24.2 Å². The molecule has 0 saturated carbocycles. The van der Waals surface area contributed by atoms with Gasteiger partial charge in [-0.15, -0.1) is 0 Å². The lowest BCUT2D eigenvalue weighted by Gasteiger charge is -2.23. The molecule has 54 heavy (non-hydrogen) atoms. The Kier molecular flexibility index (Phi) is 24.4. The zero-order valence-corrected chi connectivity index (χ0v) is 33.7. The van der Waals surface area contributed by atoms with E-state index in [2.05, 4.69) is 24.1 Å². The van der Waals surface area contributed by atoms with Gasteiger partial charge < -0.3 is 20.1 Å². The van der Waals surface area contributed by atoms with Crippen LogP contribution in [-0.2, 0) is 36.9 Å². The molecule has 0 spiro atoms. The largest absolute Gasteiger partial charge is 0.460 e. The van der Waals surface area contributed by atoms with E-state index in [1.165, 1.54) is 70.3 Å². The van der Waals surface area contributed by atoms with Gasteiger partial charge in [0.05, 0.1) is 0 Å². The summed E-state index contributed by atoms with van der Waals surface area (Å²) in [7, 11) is 0. The molecule has 0 unspecified atom stereocenters. The Morgan fingerprint density at radius 2 is 1.31 bits per heavy atom. The summed E-state index contributed by atoms with van der Waals surface area (Å²) in [5.41, 5.74) is 2.16. The van der Waals surface area contributed by atoms with Gasteiger partial charge in [-0.25, -0.2) is 9.59 Å². The van der Waals surface area contributed by atoms with Crippen molar-refractivity contribution in [3.05, 3.63) is 83.9 Å². The first-order valence-corrected chi connectivity index (χ1v) is 20.9. The molecule has 2 amide bonds. The summed E-state index contributed by atoms with van der Waals surface area (Å²) in [4.78, 5) is 64.5. The maximum atomic E-state index is 13.4. The number of unbranched alkanes of at least 4 members (excludes halogenated alkanes) is 12. The third kappa shape index (κ3) is 21.1. The van der Waals surface area contributed by atoms with Crippen molar-refractivity contribution in [2.24, 2.45) is 5.92 Å². The SMILES string of the molecule is C=CCOC(=O)[C@H](CSC(=O)CCCCCCCCCCCCCCC)NC(=O)[C@H](CC(C)C)NC(=O)OCc1ccc(C(=O)Cc2ccccc2)cc1. The number of amides is 2. The van der Waals surface area contributed by atoms with Crippen molar-refractivity contribution in [1.82, 2.24) is 10.6 Å². The van der Waals surface area contributed by atoms with Gasteiger partial charge in [-0.05, 0) is 29.9 Å². The van der Waals surface area contributed by atoms with Crippen LogP contribution < -0.4 is 10.6 Å². The highest BCUT2D eigenvalue weighted by atomic mass is 32.2. The Morgan fingerprint density at radius 1 is 0.722 bits per heavy atom. The average molecular weight is 765 g/mol. The lowest BCUT2D eigenvalue weighted by Crippen LogP contribution is -2.53. The first kappa shape index (κ1) is 46.2. The van der Waals surface area contributed by atoms with Crippen LogP contribution in [0.25, 0.3) is 0 Å². The second-order valence-electron chi connectivity index (χ2n) is 14.3. The summed E-state index contributed by atoms with van der Waals surface area (Å²) in [6.07, 6.45) is 17.5. The minimum Gasteiger partial charge on any atom is -0.460 e. The van der Waals surface area contributed by atoms with Crippen LogP contribution in [0, 0.1) is 5.92 Å². The fraction of sp³-hybridized carbons (Fsp3) is 0.568. The predicted molar refractivity (Wildman–Crippen MR) is 218 cm³/mol. The summed E-state index contributed by atoms with van der Waals surface area (Å²) >= 11 is 1.01. The normalized spacial score (nSPS) is 12.1. The number of carbonyl (C=O) groups excluding carboxylic acids is 5. The van der Waals surface area contributed by atoms with Crippen LogP contribution >= 0.6 is 11.8 Å². The quantitative estimate of drug-likeness (QED) is 0.0363. The highest BCUT2D eigenvalue weighted by Gasteiger charge is 2.29. The highest BCUT2D eigenvalue weighted by Crippen LogP contribution is 2.17. The minimum atomic E-state index is -1.09. The van der Waals surface area contributed by atoms with Crippen molar-refractivity contribution < 1.29 is 33.4 Å². The monoisotopic (exact) mass is 764 g/mol. The smallest absolute Gasteiger partial charge is 0.408 e. The first-order chi connectivity index (χ1) is 26.1. The summed E-state index contributed by atoms with van der Waals surface area (Å²) in [5, 5.41) is 5.28. The third-order valence-electron chi connectivity index (χ3n) is 9.01. The first-order valence-electron chi connectivity index (χ1n) is 20.0. The van der Waals surface area contributed by atoms with E-state index >= 15 is 0 Å². The zero-order valence-electron chi connectivity index (χ0n) is 32.9. The van der Waals surface area contributed by atoms with Crippen LogP contribution in [0.15, 0.2) is 67.3 Å². The molecule has 2 N–H and O–H groups in total. The van der Waals surface area contributed by atoms with E-state index in [1.54, 1.807) is 24.3 Å². The number of nitrogens with one attached hydrogen (secondary N) is 2. The predicted octanol–water partition coefficient (Wildman–Crippen LogP) is 9.71. The van der Waals surface area contributed by atoms with Crippen molar-refractivity contribution in [2.75, 3.05) is 12.4 Å². The summed E-state index contributed by atoms with van der Waals surface area (Å²) < 4.78 is 10.6. The molecule has 0 saturated heterocycles. The second kappa shape index (κ2) is 28.5. The number of rotatable bonds is 29. The van der Waals surface area contributed by atoms with E-state index in [0.29, 0.717) is 30.4 Å². The third-order valence-corrected chi connectivity index (χ3v) is 10.0. The highest BCUT2D eigenvalue weighted by molar-refractivity contribution is 8.13. The van der Waals surface area contributed by atoms with Gasteiger partial charge >= 0.3 is 12.1 Å². The number of carbonyl (C=O) groups is 5. The average Bonchev–Trinajstić information content (AvgIpc) is 3.16. The lowest BCUT2D eigenvalue weighted by molar-refractivity contribution is -0.146. The van der Waals surface area contributed by atoms with E-state index < -0.39 is 30.1 Å². The Bertz CT molecular complexity index is 1400. The molecule has 2 aromatic carbocycles. The Labute approximate surface area is 328 Å². The molecule has 0 aliphatic heterocycles. The molecule has 0 aliphatic carbocycles. The van der Waals surface area contributed by atoms with Gasteiger partial charge in [0.1, 0.15) is 25.3 Å². The number of esters is 1. The van der Waals surface area contributed by atoms with E-state index in [1.807, 2.05) is 44.2 Å². The summed E-state index contributed by atoms with van der Waals surface area (Å²) in [5.74, 6) is -1.22. The van der Waals surface area contributed by atoms with Crippen molar-refractivity contribution in [1.29, 1.82) is 0 Å². The molecule has 2 rings (SSSR count). The molecule has 2 atom stereocenters. The van der Waals surface area contributed by atoms with E-state index in [9.17, 15) is 24.0 Å². The van der Waals surface area contributed by atoms with Gasteiger partial charge in [0.15, 0.2) is 10.9 Å². The molecule has 0 heterocycles. The topological polar surface area (TPSA) is 128 Å². The number of thioether (sulfide) groups is 1. The number of benzene rings is 2. The lowest BCUT2D eigenvalue weighted by atomic mass is 10.0. The Morgan fingerprint density at radius 3 is 1.89 bits per heavy atom. The van der Waals surface area contributed by atoms with Gasteiger partial charge in [-0.3, -0.25) is 14.4 Å². The van der Waals surface area contributed by atoms with Crippen LogP contribution in [0.4, 0.5) is 4.79 Å². The molecule has 0 fully saturated rings. The number of ether oxygens (including phenoxy) is 2. The number of alkyl carbamates (subject to hydrolysis) is 1. The van der Waals surface area contributed by atoms with Crippen LogP contribution in [0.2, 0.25) is 0 Å². The number of hydrogen-bond acceptors (Lipinski definition) is 8. The molecular formula is C44H64N2O7S. The fourth-order valence-electron chi connectivity index (χ4n) is 5.92. The standard InChI is InChI=1S/C44H64N2O7S/c1-5-7-8-9-10-11-12-13-14-15-16-17-21-24-41(48)54-33-39(43(50)52-29-6-2)45-42(49)38(30-34(3)4)46-44(51)53-32-36-25-27-37(28-26-36)40(47)31-35-22-19-18-20-23-35/h6,18-20,22-23,25-28,34,38-39H,2,5,7-17,21,24,29-33H2,1,3-4H3,(H,45,49)(H,46,51)/t38-,39-/m0/s1. The molecule has 298 valence electrons. The van der Waals surface area contributed by atoms with Gasteiger partial charge in [0.2, 0.25) is 5.91 Å². The van der Waals surface area contributed by atoms with Crippen LogP contribution in [0.3, 0.4) is 0 Å². The molecule has 0 aliphatic rings. The van der Waals surface area contributed by atoms with Crippen LogP contribution in [0.1, 0.15) is 139 Å². The van der Waals surface area contributed by atoms with Crippen LogP contribution in [-0.4, -0.2) is 53.3 Å². The molecular weight excluding hydrogens is 701 g/mol. The van der Waals surface area contributed by atoms with Crippen molar-refractivity contribution in [3.63, 3.8) is 0 Å². The van der Waals surface area contributed by atoms with Crippen molar-refractivity contribution in [3.8, 4) is 0 Å². The molecule has 10 heteroatoms. The zero-order chi connectivity index (χ0) is 39.4. The van der Waals surface area contributed by atoms with Gasteiger partial charge in [-0.2, -0.15) is 0 Å². The Hall–Kier alpha value is -3.92. The Balaban J connectivity index is 1.80. The fourth-order valence-corrected chi connectivity index (χ4v) is 6.78. The molecule has 2 aromatic rings. The second-order valence-corrected chi connectivity index (χ2v) is 15.4. The minimum absolute atomic E-state index is 0.0155. The number of ketones is 1. The van der Waals surface area contributed by atoms with Crippen molar-refractivity contribution >= 4 is 40.6 Å². The van der Waals surface area contributed by atoms with Gasteiger partial charge in [0.25, 0.3) is 0 Å². The molecule has 0 bridgehead atoms. The number of hydrogen-bond donors (Lipinski definition) is 2. The van der Waals surface area contributed by atoms with E-state index in [4.69, 9.17) is 9.47 Å². The van der Waals surface area contributed by atoms with Gasteiger partial charge in [-0.1, -0.05) is 177 Å². The van der Waals surface area contributed by atoms with Crippen molar-refractivity contribution in [2.45, 2.75) is 142 Å². The molecule has 0 aromatic heterocycles. The maximum absolute atomic E-state index is 13.4. The maximum Gasteiger partial charge on any atom is 0.408 e. The molecule has 0 radical (unpaired) electrons. The summed E-state index contributed by atoms with van der Waals surface area (Å²) in [6.45, 7) is 9.54. The van der Waals surface area contributed by atoms with Crippen LogP contribution in [0.5, 0.6) is 0 Å².